The first-order chi connectivity index (χ1) is 19.4. The summed E-state index contributed by atoms with van der Waals surface area (Å²) in [4.78, 5) is 16.7. The lowest BCUT2D eigenvalue weighted by Crippen LogP contribution is -2.29. The van der Waals surface area contributed by atoms with Crippen molar-refractivity contribution in [1.29, 1.82) is 0 Å². The van der Waals surface area contributed by atoms with E-state index >= 15 is 0 Å². The van der Waals surface area contributed by atoms with Crippen LogP contribution in [0.5, 0.6) is 5.75 Å². The van der Waals surface area contributed by atoms with Crippen LogP contribution in [0.3, 0.4) is 0 Å². The fourth-order valence-electron chi connectivity index (χ4n) is 5.01. The third-order valence-corrected chi connectivity index (χ3v) is 7.38. The normalized spacial score (nSPS) is 17.2. The summed E-state index contributed by atoms with van der Waals surface area (Å²) in [6.07, 6.45) is 14.4. The van der Waals surface area contributed by atoms with Gasteiger partial charge in [-0.15, -0.1) is 0 Å². The minimum absolute atomic E-state index is 0.468. The van der Waals surface area contributed by atoms with Crippen molar-refractivity contribution in [3.63, 3.8) is 0 Å². The van der Waals surface area contributed by atoms with E-state index in [2.05, 4.69) is 51.8 Å². The molecule has 0 saturated carbocycles. The van der Waals surface area contributed by atoms with Crippen molar-refractivity contribution in [1.82, 2.24) is 20.0 Å². The number of nitrogens with one attached hydrogen (secondary N) is 1. The summed E-state index contributed by atoms with van der Waals surface area (Å²) in [5.41, 5.74) is 4.33. The number of hydrazone groups is 1. The molecule has 5 rings (SSSR count). The van der Waals surface area contributed by atoms with Crippen LogP contribution in [0.4, 0.5) is 17.3 Å². The lowest BCUT2D eigenvalue weighted by Gasteiger charge is -2.26. The zero-order valence-corrected chi connectivity index (χ0v) is 24.2. The molecule has 0 saturated heterocycles. The molecule has 0 fully saturated rings. The molecule has 2 aromatic heterocycles. The van der Waals surface area contributed by atoms with Gasteiger partial charge in [0.2, 0.25) is 0 Å². The van der Waals surface area contributed by atoms with Gasteiger partial charge in [-0.1, -0.05) is 44.9 Å². The monoisotopic (exact) mass is 557 g/mol. The molecule has 4 heterocycles. The first kappa shape index (κ1) is 27.6. The van der Waals surface area contributed by atoms with Crippen LogP contribution in [0.25, 0.3) is 11.0 Å². The van der Waals surface area contributed by atoms with Crippen LogP contribution < -0.4 is 15.0 Å². The second-order valence-electron chi connectivity index (χ2n) is 10.3. The van der Waals surface area contributed by atoms with Crippen LogP contribution in [0.15, 0.2) is 72.1 Å². The SMILES string of the molecule is C=C1C=C(Oc2ccc(Nc3ncnc4cc5c(nc34)N(CCCCC)CC(C)CC5)cc2Cl)C=CN1/N=C\C. The number of allylic oxidation sites excluding steroid dienone is 2. The second kappa shape index (κ2) is 12.5. The largest absolute Gasteiger partial charge is 0.456 e. The van der Waals surface area contributed by atoms with E-state index in [0.29, 0.717) is 34.0 Å². The van der Waals surface area contributed by atoms with Crippen LogP contribution in [0.2, 0.25) is 5.02 Å². The van der Waals surface area contributed by atoms with Crippen LogP contribution in [-0.2, 0) is 6.42 Å². The average Bonchev–Trinajstić information content (AvgIpc) is 3.09. The number of rotatable bonds is 9. The van der Waals surface area contributed by atoms with E-state index in [4.69, 9.17) is 21.3 Å². The Morgan fingerprint density at radius 1 is 1.25 bits per heavy atom. The van der Waals surface area contributed by atoms with Crippen molar-refractivity contribution in [3.05, 3.63) is 77.6 Å². The summed E-state index contributed by atoms with van der Waals surface area (Å²) < 4.78 is 6.02. The Bertz CT molecular complexity index is 1480. The Balaban J connectivity index is 1.38. The Morgan fingerprint density at radius 2 is 2.12 bits per heavy atom. The zero-order valence-electron chi connectivity index (χ0n) is 23.4. The first-order valence-electron chi connectivity index (χ1n) is 14.0. The van der Waals surface area contributed by atoms with E-state index in [-0.39, 0.29) is 0 Å². The third-order valence-electron chi connectivity index (χ3n) is 7.08. The third kappa shape index (κ3) is 6.28. The molecule has 1 N–H and O–H groups in total. The summed E-state index contributed by atoms with van der Waals surface area (Å²) in [6, 6.07) is 7.75. The topological polar surface area (TPSA) is 78.8 Å². The van der Waals surface area contributed by atoms with Crippen molar-refractivity contribution < 1.29 is 4.74 Å². The predicted octanol–water partition coefficient (Wildman–Crippen LogP) is 7.61. The maximum Gasteiger partial charge on any atom is 0.160 e. The summed E-state index contributed by atoms with van der Waals surface area (Å²) in [6.45, 7) is 12.5. The summed E-state index contributed by atoms with van der Waals surface area (Å²) in [5.74, 6) is 3.49. The number of benzene rings is 1. The van der Waals surface area contributed by atoms with Crippen molar-refractivity contribution in [3.8, 4) is 5.75 Å². The lowest BCUT2D eigenvalue weighted by molar-refractivity contribution is 0.424. The number of pyridine rings is 1. The van der Waals surface area contributed by atoms with Gasteiger partial charge < -0.3 is 15.0 Å². The Kier molecular flexibility index (Phi) is 8.65. The molecule has 0 amide bonds. The molecule has 2 aliphatic rings. The number of hydrogen-bond acceptors (Lipinski definition) is 8. The standard InChI is InChI=1S/C31H36ClN7O/c1-5-7-8-14-38-19-21(3)9-10-23-17-27-29(37-31(23)38)30(34-20-33-27)36-24-11-12-28(26(32)18-24)40-25-13-15-39(35-6-2)22(4)16-25/h6,11-13,15-18,20-21H,4-5,7-10,14,19H2,1-3H3,(H,33,34,36)/b35-6-. The summed E-state index contributed by atoms with van der Waals surface area (Å²) in [5, 5.41) is 9.76. The summed E-state index contributed by atoms with van der Waals surface area (Å²) >= 11 is 6.63. The quantitative estimate of drug-likeness (QED) is 0.214. The van der Waals surface area contributed by atoms with Gasteiger partial charge in [-0.2, -0.15) is 5.10 Å². The number of anilines is 3. The molecule has 0 aliphatic carbocycles. The molecule has 2 aliphatic heterocycles. The number of aromatic nitrogens is 3. The number of nitrogens with zero attached hydrogens (tertiary/aromatic N) is 6. The van der Waals surface area contributed by atoms with Gasteiger partial charge in [-0.3, -0.25) is 0 Å². The van der Waals surface area contributed by atoms with Crippen molar-refractivity contribution >= 4 is 46.2 Å². The number of fused-ring (bicyclic) bond motifs is 2. The maximum atomic E-state index is 6.63. The molecule has 1 atom stereocenters. The van der Waals surface area contributed by atoms with Crippen molar-refractivity contribution in [2.45, 2.75) is 52.9 Å². The highest BCUT2D eigenvalue weighted by atomic mass is 35.5. The Labute approximate surface area is 241 Å². The fraction of sp³-hybridized carbons (Fsp3) is 0.355. The Morgan fingerprint density at radius 3 is 2.90 bits per heavy atom. The first-order valence-corrected chi connectivity index (χ1v) is 14.3. The van der Waals surface area contributed by atoms with Gasteiger partial charge >= 0.3 is 0 Å². The van der Waals surface area contributed by atoms with E-state index in [1.807, 2.05) is 37.3 Å². The van der Waals surface area contributed by atoms with Gasteiger partial charge in [0.1, 0.15) is 29.2 Å². The molecule has 3 aromatic rings. The van der Waals surface area contributed by atoms with Gasteiger partial charge in [0.15, 0.2) is 5.82 Å². The zero-order chi connectivity index (χ0) is 28.1. The summed E-state index contributed by atoms with van der Waals surface area (Å²) in [7, 11) is 0. The van der Waals surface area contributed by atoms with E-state index in [1.165, 1.54) is 18.4 Å². The molecule has 0 spiro atoms. The predicted molar refractivity (Wildman–Crippen MR) is 164 cm³/mol. The molecular formula is C31H36ClN7O. The molecule has 9 heteroatoms. The molecule has 208 valence electrons. The minimum Gasteiger partial charge on any atom is -0.456 e. The van der Waals surface area contributed by atoms with Gasteiger partial charge in [0.05, 0.1) is 16.2 Å². The maximum absolute atomic E-state index is 6.63. The lowest BCUT2D eigenvalue weighted by atomic mass is 10.0. The van der Waals surface area contributed by atoms with Crippen LogP contribution in [-0.4, -0.2) is 39.3 Å². The second-order valence-corrected chi connectivity index (χ2v) is 10.7. The number of unbranched alkanes of at least 4 members (excludes halogenated alkanes) is 2. The fourth-order valence-corrected chi connectivity index (χ4v) is 5.23. The molecule has 1 unspecified atom stereocenters. The van der Waals surface area contributed by atoms with Crippen LogP contribution in [0, 0.1) is 5.92 Å². The number of aryl methyl sites for hydroxylation is 1. The highest BCUT2D eigenvalue weighted by Gasteiger charge is 2.22. The van der Waals surface area contributed by atoms with Gasteiger partial charge in [0.25, 0.3) is 0 Å². The van der Waals surface area contributed by atoms with Gasteiger partial charge in [-0.05, 0) is 68.0 Å². The van der Waals surface area contributed by atoms with E-state index in [0.717, 1.165) is 54.9 Å². The molecule has 40 heavy (non-hydrogen) atoms. The number of hydrogen-bond donors (Lipinski definition) is 1. The van der Waals surface area contributed by atoms with E-state index in [1.54, 1.807) is 23.8 Å². The molecule has 8 nitrogen and oxygen atoms in total. The minimum atomic E-state index is 0.468. The van der Waals surface area contributed by atoms with Gasteiger partial charge in [-0.25, -0.2) is 20.0 Å². The van der Waals surface area contributed by atoms with Crippen molar-refractivity contribution in [2.24, 2.45) is 11.0 Å². The van der Waals surface area contributed by atoms with Crippen molar-refractivity contribution in [2.75, 3.05) is 23.3 Å². The smallest absolute Gasteiger partial charge is 0.160 e. The molecule has 1 aromatic carbocycles. The Hall–Kier alpha value is -3.91. The average molecular weight is 558 g/mol. The van der Waals surface area contributed by atoms with Crippen LogP contribution in [0.1, 0.15) is 52.0 Å². The molecule has 0 bridgehead atoms. The number of halogens is 1. The van der Waals surface area contributed by atoms with E-state index in [9.17, 15) is 0 Å². The highest BCUT2D eigenvalue weighted by Crippen LogP contribution is 2.34. The molecular weight excluding hydrogens is 522 g/mol. The highest BCUT2D eigenvalue weighted by molar-refractivity contribution is 6.32. The number of ether oxygens (including phenoxy) is 1. The molecule has 0 radical (unpaired) electrons. The van der Waals surface area contributed by atoms with E-state index < -0.39 is 0 Å². The van der Waals surface area contributed by atoms with Gasteiger partial charge in [0, 0.05) is 37.3 Å². The van der Waals surface area contributed by atoms with Crippen LogP contribution >= 0.6 is 11.6 Å².